The fourth-order valence-corrected chi connectivity index (χ4v) is 1.42. The van der Waals surface area contributed by atoms with Crippen LogP contribution in [-0.4, -0.2) is 26.5 Å². The molecule has 5 nitrogen and oxygen atoms in total. The van der Waals surface area contributed by atoms with Crippen molar-refractivity contribution >= 4 is 28.5 Å². The highest BCUT2D eigenvalue weighted by Gasteiger charge is 2.12. The summed E-state index contributed by atoms with van der Waals surface area (Å²) in [7, 11) is 0. The molecule has 0 aliphatic rings. The number of hydrogen-bond donors (Lipinski definition) is 1. The molecule has 0 aliphatic heterocycles. The molecule has 0 saturated carbocycles. The normalized spacial score (nSPS) is 10.5. The minimum absolute atomic E-state index is 0.130. The van der Waals surface area contributed by atoms with Gasteiger partial charge >= 0.3 is 0 Å². The third kappa shape index (κ3) is 1.78. The number of fused-ring (bicyclic) bond motifs is 1. The topological polar surface area (TPSA) is 63.7 Å². The Morgan fingerprint density at radius 2 is 2.40 bits per heavy atom. The highest BCUT2D eigenvalue weighted by Crippen LogP contribution is 2.20. The summed E-state index contributed by atoms with van der Waals surface area (Å²) in [5.74, 6) is 0.455. The molecule has 2 heterocycles. The summed E-state index contributed by atoms with van der Waals surface area (Å²) < 4.78 is 5.27. The molecule has 2 aromatic rings. The van der Waals surface area contributed by atoms with E-state index in [1.165, 1.54) is 6.33 Å². The first-order chi connectivity index (χ1) is 7.22. The van der Waals surface area contributed by atoms with Gasteiger partial charge in [0.2, 0.25) is 5.28 Å². The van der Waals surface area contributed by atoms with E-state index in [4.69, 9.17) is 16.3 Å². The van der Waals surface area contributed by atoms with Gasteiger partial charge in [-0.3, -0.25) is 0 Å². The van der Waals surface area contributed by atoms with Gasteiger partial charge in [0.25, 0.3) is 0 Å². The van der Waals surface area contributed by atoms with E-state index in [2.05, 4.69) is 26.5 Å². The maximum Gasteiger partial charge on any atom is 0.225 e. The molecule has 0 spiro atoms. The zero-order chi connectivity index (χ0) is 10.8. The lowest BCUT2D eigenvalue weighted by Crippen LogP contribution is -1.97. The zero-order valence-electron chi connectivity index (χ0n) is 8.12. The largest absolute Gasteiger partial charge is 0.492 e. The number of H-pyrrole nitrogens is 1. The monoisotopic (exact) mass is 224 g/mol. The van der Waals surface area contributed by atoms with Gasteiger partial charge in [0.15, 0.2) is 5.65 Å². The highest BCUT2D eigenvalue weighted by atomic mass is 35.5. The average Bonchev–Trinajstić information content (AvgIpc) is 2.64. The van der Waals surface area contributed by atoms with Crippen LogP contribution >= 0.6 is 11.6 Å². The van der Waals surface area contributed by atoms with Crippen molar-refractivity contribution in [2.24, 2.45) is 0 Å². The Morgan fingerprint density at radius 1 is 1.60 bits per heavy atom. The predicted octanol–water partition coefficient (Wildman–Crippen LogP) is 2.01. The molecule has 2 rings (SSSR count). The molecular weight excluding hydrogens is 216 g/mol. The lowest BCUT2D eigenvalue weighted by atomic mass is 10.3. The summed E-state index contributed by atoms with van der Waals surface area (Å²) in [6.45, 7) is 6.16. The maximum absolute atomic E-state index is 5.75. The molecule has 1 N–H and O–H groups in total. The van der Waals surface area contributed by atoms with Crippen molar-refractivity contribution in [1.29, 1.82) is 0 Å². The molecule has 0 fully saturated rings. The minimum atomic E-state index is 0.130. The summed E-state index contributed by atoms with van der Waals surface area (Å²) in [5, 5.41) is 0.130. The Morgan fingerprint density at radius 3 is 3.13 bits per heavy atom. The van der Waals surface area contributed by atoms with Gasteiger partial charge in [-0.15, -0.1) is 0 Å². The minimum Gasteiger partial charge on any atom is -0.492 e. The van der Waals surface area contributed by atoms with Crippen LogP contribution in [-0.2, 0) is 4.74 Å². The van der Waals surface area contributed by atoms with E-state index in [0.717, 1.165) is 0 Å². The molecule has 0 aromatic carbocycles. The van der Waals surface area contributed by atoms with Crippen LogP contribution in [0.5, 0.6) is 0 Å². The van der Waals surface area contributed by atoms with E-state index in [0.29, 0.717) is 29.2 Å². The van der Waals surface area contributed by atoms with Crippen LogP contribution in [0.15, 0.2) is 12.9 Å². The van der Waals surface area contributed by atoms with Crippen molar-refractivity contribution in [1.82, 2.24) is 19.9 Å². The lowest BCUT2D eigenvalue weighted by molar-refractivity contribution is 0.298. The van der Waals surface area contributed by atoms with E-state index in [1.807, 2.05) is 6.92 Å². The number of aromatic nitrogens is 4. The Hall–Kier alpha value is -1.62. The maximum atomic E-state index is 5.75. The van der Waals surface area contributed by atoms with Crippen LogP contribution in [0.4, 0.5) is 0 Å². The van der Waals surface area contributed by atoms with Crippen LogP contribution in [0, 0.1) is 0 Å². The van der Waals surface area contributed by atoms with Gasteiger partial charge in [-0.25, -0.2) is 9.97 Å². The fourth-order valence-electron chi connectivity index (χ4n) is 1.25. The van der Waals surface area contributed by atoms with Gasteiger partial charge in [0, 0.05) is 0 Å². The van der Waals surface area contributed by atoms with Crippen molar-refractivity contribution in [3.8, 4) is 0 Å². The third-order valence-electron chi connectivity index (χ3n) is 1.84. The van der Waals surface area contributed by atoms with Gasteiger partial charge in [-0.05, 0) is 18.5 Å². The second kappa shape index (κ2) is 3.86. The molecule has 6 heteroatoms. The lowest BCUT2D eigenvalue weighted by Gasteiger charge is -2.06. The molecule has 0 saturated heterocycles. The Labute approximate surface area is 91.2 Å². The second-order valence-corrected chi connectivity index (χ2v) is 3.14. The molecule has 0 radical (unpaired) electrons. The first-order valence-corrected chi connectivity index (χ1v) is 4.79. The van der Waals surface area contributed by atoms with Crippen molar-refractivity contribution in [3.05, 3.63) is 23.9 Å². The number of ether oxygens (including phenoxy) is 1. The molecular formula is C9H9ClN4O. The molecule has 0 atom stereocenters. The summed E-state index contributed by atoms with van der Waals surface area (Å²) in [6, 6.07) is 0. The standard InChI is InChI=1S/C9H9ClN4O/c1-3-15-5(2)6-7-8(12-4-11-7)14-9(10)13-6/h4H,2-3H2,1H3,(H,11,12,13,14). The van der Waals surface area contributed by atoms with E-state index >= 15 is 0 Å². The van der Waals surface area contributed by atoms with Crippen molar-refractivity contribution in [2.45, 2.75) is 6.92 Å². The Kier molecular flexibility index (Phi) is 2.55. The summed E-state index contributed by atoms with van der Waals surface area (Å²) in [4.78, 5) is 14.9. The quantitative estimate of drug-likeness (QED) is 0.640. The summed E-state index contributed by atoms with van der Waals surface area (Å²) in [5.41, 5.74) is 1.73. The molecule has 0 aliphatic carbocycles. The zero-order valence-corrected chi connectivity index (χ0v) is 8.88. The van der Waals surface area contributed by atoms with Gasteiger partial charge < -0.3 is 9.72 Å². The molecule has 15 heavy (non-hydrogen) atoms. The van der Waals surface area contributed by atoms with E-state index in [1.54, 1.807) is 0 Å². The van der Waals surface area contributed by atoms with E-state index < -0.39 is 0 Å². The van der Waals surface area contributed by atoms with Gasteiger partial charge in [-0.1, -0.05) is 6.58 Å². The number of hydrogen-bond acceptors (Lipinski definition) is 4. The fraction of sp³-hybridized carbons (Fsp3) is 0.222. The van der Waals surface area contributed by atoms with Crippen molar-refractivity contribution in [3.63, 3.8) is 0 Å². The van der Waals surface area contributed by atoms with E-state index in [-0.39, 0.29) is 5.28 Å². The number of nitrogens with one attached hydrogen (secondary N) is 1. The van der Waals surface area contributed by atoms with Gasteiger partial charge in [0.1, 0.15) is 17.0 Å². The Bertz CT molecular complexity index is 508. The second-order valence-electron chi connectivity index (χ2n) is 2.80. The number of rotatable bonds is 3. The Balaban J connectivity index is 2.57. The van der Waals surface area contributed by atoms with Crippen molar-refractivity contribution < 1.29 is 4.74 Å². The highest BCUT2D eigenvalue weighted by molar-refractivity contribution is 6.28. The first-order valence-electron chi connectivity index (χ1n) is 4.41. The smallest absolute Gasteiger partial charge is 0.225 e. The summed E-state index contributed by atoms with van der Waals surface area (Å²) in [6.07, 6.45) is 1.53. The molecule has 2 aromatic heterocycles. The SMILES string of the molecule is C=C(OCC)c1nc(Cl)nc2nc[nH]c12. The van der Waals surface area contributed by atoms with Crippen LogP contribution < -0.4 is 0 Å². The third-order valence-corrected chi connectivity index (χ3v) is 2.01. The molecule has 78 valence electrons. The first kappa shape index (κ1) is 9.92. The van der Waals surface area contributed by atoms with Gasteiger partial charge in [-0.2, -0.15) is 4.98 Å². The van der Waals surface area contributed by atoms with Crippen LogP contribution in [0.1, 0.15) is 12.6 Å². The van der Waals surface area contributed by atoms with E-state index in [9.17, 15) is 0 Å². The predicted molar refractivity (Wildman–Crippen MR) is 57.4 cm³/mol. The molecule has 0 bridgehead atoms. The number of nitrogens with zero attached hydrogens (tertiary/aromatic N) is 3. The van der Waals surface area contributed by atoms with Crippen LogP contribution in [0.2, 0.25) is 5.28 Å². The summed E-state index contributed by atoms with van der Waals surface area (Å²) >= 11 is 5.75. The molecule has 0 amide bonds. The number of aromatic amines is 1. The number of imidazole rings is 1. The van der Waals surface area contributed by atoms with Crippen LogP contribution in [0.25, 0.3) is 16.9 Å². The number of halogens is 1. The molecule has 0 unspecified atom stereocenters. The van der Waals surface area contributed by atoms with Crippen molar-refractivity contribution in [2.75, 3.05) is 6.61 Å². The van der Waals surface area contributed by atoms with Gasteiger partial charge in [0.05, 0.1) is 12.9 Å². The average molecular weight is 225 g/mol. The van der Waals surface area contributed by atoms with Crippen LogP contribution in [0.3, 0.4) is 0 Å².